The van der Waals surface area contributed by atoms with Gasteiger partial charge in [-0.15, -0.1) is 0 Å². The summed E-state index contributed by atoms with van der Waals surface area (Å²) in [6.07, 6.45) is 0.390. The molecule has 1 aliphatic rings. The van der Waals surface area contributed by atoms with E-state index in [-0.39, 0.29) is 5.56 Å². The van der Waals surface area contributed by atoms with Crippen molar-refractivity contribution >= 4 is 11.9 Å². The molecule has 0 aliphatic heterocycles. The molecule has 20 heavy (non-hydrogen) atoms. The van der Waals surface area contributed by atoms with Gasteiger partial charge < -0.3 is 15.2 Å². The Kier molecular flexibility index (Phi) is 2.47. The Morgan fingerprint density at radius 3 is 2.45 bits per heavy atom. The number of hydrogen-bond donors (Lipinski definition) is 3. The number of hydrogen-bond acceptors (Lipinski definition) is 3. The summed E-state index contributed by atoms with van der Waals surface area (Å²) in [5.74, 6) is -2.42. The van der Waals surface area contributed by atoms with Crippen molar-refractivity contribution in [2.45, 2.75) is 6.42 Å². The maximum absolute atomic E-state index is 11.6. The number of fused-ring (bicyclic) bond motifs is 3. The number of nitrogens with one attached hydrogen (secondary N) is 1. The first-order chi connectivity index (χ1) is 9.49. The van der Waals surface area contributed by atoms with E-state index >= 15 is 0 Å². The highest BCUT2D eigenvalue weighted by Gasteiger charge is 2.26. The minimum absolute atomic E-state index is 0.102. The van der Waals surface area contributed by atoms with Crippen LogP contribution in [0.3, 0.4) is 0 Å². The number of pyridine rings is 1. The Balaban J connectivity index is 2.34. The van der Waals surface area contributed by atoms with Gasteiger partial charge >= 0.3 is 11.9 Å². The Labute approximate surface area is 112 Å². The number of carboxylic acid groups (broad SMARTS) is 2. The van der Waals surface area contributed by atoms with Crippen LogP contribution in [0, 0.1) is 0 Å². The molecule has 6 heteroatoms. The Morgan fingerprint density at radius 1 is 1.10 bits per heavy atom. The second-order valence-electron chi connectivity index (χ2n) is 4.53. The van der Waals surface area contributed by atoms with Crippen LogP contribution >= 0.6 is 0 Å². The van der Waals surface area contributed by atoms with Crippen LogP contribution < -0.4 is 5.56 Å². The lowest BCUT2D eigenvalue weighted by molar-refractivity contribution is 0.0686. The molecule has 1 heterocycles. The maximum Gasteiger partial charge on any atom is 0.341 e. The van der Waals surface area contributed by atoms with E-state index in [0.29, 0.717) is 23.2 Å². The van der Waals surface area contributed by atoms with Gasteiger partial charge in [0, 0.05) is 23.2 Å². The standard InChI is InChI=1S/C14H9NO5/c16-12-9(14(19)20)5-8-10(15-12)4-6-2-1-3-7(11(6)8)13(17)18/h1-3,5H,4H2,(H,15,16)(H,17,18)(H,19,20). The van der Waals surface area contributed by atoms with Crippen LogP contribution in [0.25, 0.3) is 11.1 Å². The summed E-state index contributed by atoms with van der Waals surface area (Å²) in [4.78, 5) is 36.4. The quantitative estimate of drug-likeness (QED) is 0.652. The highest BCUT2D eigenvalue weighted by atomic mass is 16.4. The summed E-state index contributed by atoms with van der Waals surface area (Å²) in [5, 5.41) is 18.2. The zero-order valence-corrected chi connectivity index (χ0v) is 10.1. The first-order valence-corrected chi connectivity index (χ1v) is 5.84. The number of carbonyl (C=O) groups is 2. The molecule has 6 nitrogen and oxygen atoms in total. The molecule has 0 bridgehead atoms. The largest absolute Gasteiger partial charge is 0.478 e. The second-order valence-corrected chi connectivity index (χ2v) is 4.53. The van der Waals surface area contributed by atoms with Gasteiger partial charge in [-0.1, -0.05) is 12.1 Å². The number of rotatable bonds is 2. The van der Waals surface area contributed by atoms with E-state index < -0.39 is 23.1 Å². The highest BCUT2D eigenvalue weighted by molar-refractivity contribution is 6.00. The van der Waals surface area contributed by atoms with E-state index in [1.807, 2.05) is 0 Å². The van der Waals surface area contributed by atoms with Crippen molar-refractivity contribution in [2.24, 2.45) is 0 Å². The number of aromatic amines is 1. The fourth-order valence-corrected chi connectivity index (χ4v) is 2.52. The molecule has 0 saturated heterocycles. The Bertz CT molecular complexity index is 819. The number of benzene rings is 1. The lowest BCUT2D eigenvalue weighted by atomic mass is 9.99. The van der Waals surface area contributed by atoms with Crippen LogP contribution in [0.2, 0.25) is 0 Å². The van der Waals surface area contributed by atoms with Crippen molar-refractivity contribution in [3.63, 3.8) is 0 Å². The lowest BCUT2D eigenvalue weighted by Crippen LogP contribution is -2.18. The molecule has 100 valence electrons. The van der Waals surface area contributed by atoms with E-state index in [1.54, 1.807) is 12.1 Å². The molecule has 1 aliphatic carbocycles. The van der Waals surface area contributed by atoms with E-state index in [1.165, 1.54) is 12.1 Å². The molecule has 3 N–H and O–H groups in total. The van der Waals surface area contributed by atoms with Gasteiger partial charge in [0.2, 0.25) is 0 Å². The zero-order valence-electron chi connectivity index (χ0n) is 10.1. The SMILES string of the molecule is O=C(O)c1cccc2c1-c1cc(C(=O)O)c(=O)[nH]c1C2. The van der Waals surface area contributed by atoms with Gasteiger partial charge in [0.15, 0.2) is 0 Å². The van der Waals surface area contributed by atoms with Crippen LogP contribution in [0.1, 0.15) is 32.0 Å². The molecule has 2 aromatic rings. The van der Waals surface area contributed by atoms with Gasteiger partial charge in [0.05, 0.1) is 5.56 Å². The van der Waals surface area contributed by atoms with Crippen LogP contribution in [0.5, 0.6) is 0 Å². The molecule has 0 fully saturated rings. The van der Waals surface area contributed by atoms with E-state index in [0.717, 1.165) is 5.56 Å². The molecule has 1 aromatic heterocycles. The van der Waals surface area contributed by atoms with Gasteiger partial charge in [-0.3, -0.25) is 4.79 Å². The first-order valence-electron chi connectivity index (χ1n) is 5.84. The predicted octanol–water partition coefficient (Wildman–Crippen LogP) is 1.34. The lowest BCUT2D eigenvalue weighted by Gasteiger charge is -2.06. The molecule has 0 amide bonds. The minimum Gasteiger partial charge on any atom is -0.478 e. The number of aromatic nitrogens is 1. The fourth-order valence-electron chi connectivity index (χ4n) is 2.52. The third-order valence-electron chi connectivity index (χ3n) is 3.37. The molecule has 0 atom stereocenters. The van der Waals surface area contributed by atoms with Crippen LogP contribution in [0.4, 0.5) is 0 Å². The molecule has 0 unspecified atom stereocenters. The summed E-state index contributed by atoms with van der Waals surface area (Å²) >= 11 is 0. The minimum atomic E-state index is -1.34. The molecule has 0 spiro atoms. The fraction of sp³-hybridized carbons (Fsp3) is 0.0714. The van der Waals surface area contributed by atoms with Crippen LogP contribution in [-0.2, 0) is 6.42 Å². The highest BCUT2D eigenvalue weighted by Crippen LogP contribution is 2.37. The molecule has 3 rings (SSSR count). The van der Waals surface area contributed by atoms with Crippen molar-refractivity contribution in [3.05, 3.63) is 57.0 Å². The molecular formula is C14H9NO5. The van der Waals surface area contributed by atoms with Crippen molar-refractivity contribution in [1.29, 1.82) is 0 Å². The van der Waals surface area contributed by atoms with Crippen molar-refractivity contribution in [1.82, 2.24) is 4.98 Å². The monoisotopic (exact) mass is 271 g/mol. The van der Waals surface area contributed by atoms with Gasteiger partial charge in [0.1, 0.15) is 5.56 Å². The normalized spacial score (nSPS) is 11.8. The molecule has 0 saturated carbocycles. The van der Waals surface area contributed by atoms with Gasteiger partial charge in [-0.25, -0.2) is 9.59 Å². The van der Waals surface area contributed by atoms with E-state index in [9.17, 15) is 19.5 Å². The summed E-state index contributed by atoms with van der Waals surface area (Å²) in [5.41, 5.74) is 1.29. The van der Waals surface area contributed by atoms with Crippen LogP contribution in [-0.4, -0.2) is 27.1 Å². The smallest absolute Gasteiger partial charge is 0.341 e. The summed E-state index contributed by atoms with van der Waals surface area (Å²) < 4.78 is 0. The third-order valence-corrected chi connectivity index (χ3v) is 3.37. The predicted molar refractivity (Wildman–Crippen MR) is 69.2 cm³/mol. The maximum atomic E-state index is 11.6. The summed E-state index contributed by atoms with van der Waals surface area (Å²) in [7, 11) is 0. The van der Waals surface area contributed by atoms with Crippen molar-refractivity contribution in [2.75, 3.05) is 0 Å². The summed E-state index contributed by atoms with van der Waals surface area (Å²) in [6.45, 7) is 0. The average Bonchev–Trinajstić information content (AvgIpc) is 2.74. The Hall–Kier alpha value is -2.89. The average molecular weight is 271 g/mol. The van der Waals surface area contributed by atoms with E-state index in [2.05, 4.69) is 4.98 Å². The van der Waals surface area contributed by atoms with Crippen LogP contribution in [0.15, 0.2) is 29.1 Å². The molecule has 1 aromatic carbocycles. The zero-order chi connectivity index (χ0) is 14.4. The first kappa shape index (κ1) is 12.2. The number of H-pyrrole nitrogens is 1. The summed E-state index contributed by atoms with van der Waals surface area (Å²) in [6, 6.07) is 6.10. The third kappa shape index (κ3) is 1.62. The van der Waals surface area contributed by atoms with Crippen molar-refractivity contribution in [3.8, 4) is 11.1 Å². The second kappa shape index (κ2) is 4.06. The number of carboxylic acids is 2. The molecule has 0 radical (unpaired) electrons. The van der Waals surface area contributed by atoms with E-state index in [4.69, 9.17) is 5.11 Å². The van der Waals surface area contributed by atoms with Gasteiger partial charge in [-0.05, 0) is 17.7 Å². The topological polar surface area (TPSA) is 107 Å². The van der Waals surface area contributed by atoms with Gasteiger partial charge in [-0.2, -0.15) is 0 Å². The van der Waals surface area contributed by atoms with Crippen molar-refractivity contribution < 1.29 is 19.8 Å². The Morgan fingerprint density at radius 2 is 1.80 bits per heavy atom. The van der Waals surface area contributed by atoms with Gasteiger partial charge in [0.25, 0.3) is 5.56 Å². The molecular weight excluding hydrogens is 262 g/mol. The number of aromatic carboxylic acids is 2.